The molecule has 7 nitrogen and oxygen atoms in total. The monoisotopic (exact) mass is 259 g/mol. The van der Waals surface area contributed by atoms with Crippen molar-refractivity contribution in [1.29, 1.82) is 0 Å². The summed E-state index contributed by atoms with van der Waals surface area (Å²) in [7, 11) is 1.47. The number of hydrogen-bond acceptors (Lipinski definition) is 3. The maximum absolute atomic E-state index is 11.9. The molecule has 7 heteroatoms. The standard InChI is InChI=1S/C11H21N3O4/c1-5-11(3,9(16)17)13-10(18)14(6-2)7-8(15)12-4/h5-7H2,1-4H3,(H,12,15)(H,13,18)(H,16,17). The second-order valence-electron chi connectivity index (χ2n) is 4.11. The van der Waals surface area contributed by atoms with Crippen molar-refractivity contribution >= 4 is 17.9 Å². The molecule has 0 aliphatic carbocycles. The van der Waals surface area contributed by atoms with Crippen LogP contribution in [0.2, 0.25) is 0 Å². The predicted octanol–water partition coefficient (Wildman–Crippen LogP) is 0.0172. The van der Waals surface area contributed by atoms with Crippen LogP contribution in [0.25, 0.3) is 0 Å². The molecular weight excluding hydrogens is 238 g/mol. The first kappa shape index (κ1) is 16.2. The van der Waals surface area contributed by atoms with E-state index in [-0.39, 0.29) is 18.9 Å². The summed E-state index contributed by atoms with van der Waals surface area (Å²) in [6, 6.07) is -0.562. The van der Waals surface area contributed by atoms with E-state index in [1.54, 1.807) is 13.8 Å². The molecule has 0 saturated heterocycles. The van der Waals surface area contributed by atoms with Crippen LogP contribution in [0.5, 0.6) is 0 Å². The summed E-state index contributed by atoms with van der Waals surface area (Å²) in [6.07, 6.45) is 0.256. The van der Waals surface area contributed by atoms with Gasteiger partial charge in [-0.1, -0.05) is 6.92 Å². The molecule has 0 fully saturated rings. The fourth-order valence-electron chi connectivity index (χ4n) is 1.19. The molecule has 0 aliphatic rings. The second-order valence-corrected chi connectivity index (χ2v) is 4.11. The summed E-state index contributed by atoms with van der Waals surface area (Å²) in [5.74, 6) is -1.41. The van der Waals surface area contributed by atoms with E-state index in [2.05, 4.69) is 10.6 Å². The van der Waals surface area contributed by atoms with Gasteiger partial charge in [0.2, 0.25) is 5.91 Å². The van der Waals surface area contributed by atoms with Crippen molar-refractivity contribution < 1.29 is 19.5 Å². The summed E-state index contributed by atoms with van der Waals surface area (Å²) in [5.41, 5.74) is -1.33. The number of aliphatic carboxylic acids is 1. The minimum Gasteiger partial charge on any atom is -0.480 e. The van der Waals surface area contributed by atoms with Crippen molar-refractivity contribution in [3.05, 3.63) is 0 Å². The second kappa shape index (κ2) is 6.83. The van der Waals surface area contributed by atoms with Crippen molar-refractivity contribution in [3.63, 3.8) is 0 Å². The third-order valence-electron chi connectivity index (χ3n) is 2.84. The summed E-state index contributed by atoms with van der Waals surface area (Å²) in [6.45, 7) is 5.04. The highest BCUT2D eigenvalue weighted by Gasteiger charge is 2.34. The van der Waals surface area contributed by atoms with Gasteiger partial charge in [-0.05, 0) is 20.3 Å². The first-order chi connectivity index (χ1) is 8.30. The summed E-state index contributed by atoms with van der Waals surface area (Å²) in [4.78, 5) is 35.4. The van der Waals surface area contributed by atoms with Crippen LogP contribution in [0.15, 0.2) is 0 Å². The van der Waals surface area contributed by atoms with Gasteiger partial charge < -0.3 is 20.6 Å². The molecule has 3 amide bonds. The van der Waals surface area contributed by atoms with Gasteiger partial charge in [0.1, 0.15) is 12.1 Å². The average molecular weight is 259 g/mol. The molecule has 0 radical (unpaired) electrons. The topological polar surface area (TPSA) is 98.7 Å². The van der Waals surface area contributed by atoms with Crippen LogP contribution in [0, 0.1) is 0 Å². The van der Waals surface area contributed by atoms with Gasteiger partial charge in [-0.25, -0.2) is 9.59 Å². The Kier molecular flexibility index (Phi) is 6.15. The van der Waals surface area contributed by atoms with E-state index < -0.39 is 17.5 Å². The minimum atomic E-state index is -1.33. The Morgan fingerprint density at radius 1 is 1.28 bits per heavy atom. The molecule has 0 aromatic rings. The van der Waals surface area contributed by atoms with Gasteiger partial charge in [0, 0.05) is 13.6 Å². The van der Waals surface area contributed by atoms with Crippen LogP contribution >= 0.6 is 0 Å². The SMILES string of the molecule is CCN(CC(=O)NC)C(=O)NC(C)(CC)C(=O)O. The zero-order valence-corrected chi connectivity index (χ0v) is 11.2. The molecule has 3 N–H and O–H groups in total. The lowest BCUT2D eigenvalue weighted by molar-refractivity contribution is -0.143. The van der Waals surface area contributed by atoms with Crippen LogP contribution in [0.1, 0.15) is 27.2 Å². The zero-order valence-electron chi connectivity index (χ0n) is 11.2. The Bertz CT molecular complexity index is 332. The largest absolute Gasteiger partial charge is 0.480 e. The fraction of sp³-hybridized carbons (Fsp3) is 0.727. The van der Waals surface area contributed by atoms with Gasteiger partial charge in [0.15, 0.2) is 0 Å². The van der Waals surface area contributed by atoms with Gasteiger partial charge in [-0.3, -0.25) is 4.79 Å². The number of nitrogens with zero attached hydrogens (tertiary/aromatic N) is 1. The van der Waals surface area contributed by atoms with Gasteiger partial charge in [-0.2, -0.15) is 0 Å². The van der Waals surface area contributed by atoms with Crippen LogP contribution in [0.4, 0.5) is 4.79 Å². The number of carboxylic acids is 1. The summed E-state index contributed by atoms with van der Waals surface area (Å²) >= 11 is 0. The maximum atomic E-state index is 11.9. The molecule has 18 heavy (non-hydrogen) atoms. The van der Waals surface area contributed by atoms with Crippen LogP contribution in [-0.2, 0) is 9.59 Å². The van der Waals surface area contributed by atoms with Crippen molar-refractivity contribution in [2.45, 2.75) is 32.7 Å². The summed E-state index contributed by atoms with van der Waals surface area (Å²) in [5, 5.41) is 13.9. The first-order valence-corrected chi connectivity index (χ1v) is 5.81. The molecule has 1 unspecified atom stereocenters. The van der Waals surface area contributed by atoms with Crippen molar-refractivity contribution in [2.75, 3.05) is 20.1 Å². The van der Waals surface area contributed by atoms with Crippen LogP contribution in [0.3, 0.4) is 0 Å². The minimum absolute atomic E-state index is 0.0990. The third kappa shape index (κ3) is 4.23. The van der Waals surface area contributed by atoms with Crippen LogP contribution < -0.4 is 10.6 Å². The zero-order chi connectivity index (χ0) is 14.3. The lowest BCUT2D eigenvalue weighted by Gasteiger charge is -2.29. The number of nitrogens with one attached hydrogen (secondary N) is 2. The lowest BCUT2D eigenvalue weighted by atomic mass is 10.00. The number of carbonyl (C=O) groups excluding carboxylic acids is 2. The normalized spacial score (nSPS) is 13.3. The van der Waals surface area contributed by atoms with Crippen molar-refractivity contribution in [2.24, 2.45) is 0 Å². The molecule has 0 saturated carbocycles. The Labute approximate surface area is 107 Å². The summed E-state index contributed by atoms with van der Waals surface area (Å²) < 4.78 is 0. The number of likely N-dealkylation sites (N-methyl/N-ethyl adjacent to an activating group) is 2. The average Bonchev–Trinajstić information content (AvgIpc) is 2.34. The van der Waals surface area contributed by atoms with E-state index in [4.69, 9.17) is 5.11 Å². The quantitative estimate of drug-likeness (QED) is 0.626. The molecule has 0 heterocycles. The molecule has 1 atom stereocenters. The Morgan fingerprint density at radius 3 is 2.17 bits per heavy atom. The lowest BCUT2D eigenvalue weighted by Crippen LogP contribution is -2.56. The Hall–Kier alpha value is -1.79. The molecule has 0 rings (SSSR count). The van der Waals surface area contributed by atoms with Gasteiger partial charge >= 0.3 is 12.0 Å². The Morgan fingerprint density at radius 2 is 1.83 bits per heavy atom. The first-order valence-electron chi connectivity index (χ1n) is 5.81. The number of carboxylic acid groups (broad SMARTS) is 1. The highest BCUT2D eigenvalue weighted by Crippen LogP contribution is 2.10. The highest BCUT2D eigenvalue weighted by atomic mass is 16.4. The van der Waals surface area contributed by atoms with E-state index in [1.807, 2.05) is 0 Å². The number of carbonyl (C=O) groups is 3. The number of hydrogen-bond donors (Lipinski definition) is 3. The number of rotatable bonds is 6. The fourth-order valence-corrected chi connectivity index (χ4v) is 1.19. The van der Waals surface area contributed by atoms with Crippen LogP contribution in [-0.4, -0.2) is 53.6 Å². The van der Waals surface area contributed by atoms with E-state index in [9.17, 15) is 14.4 Å². The van der Waals surface area contributed by atoms with Gasteiger partial charge in [0.25, 0.3) is 0 Å². The van der Waals surface area contributed by atoms with E-state index in [0.29, 0.717) is 6.54 Å². The molecule has 0 aromatic carbocycles. The molecular formula is C11H21N3O4. The molecule has 0 aromatic heterocycles. The molecule has 0 aliphatic heterocycles. The Balaban J connectivity index is 4.71. The van der Waals surface area contributed by atoms with Gasteiger partial charge in [0.05, 0.1) is 0 Å². The third-order valence-corrected chi connectivity index (χ3v) is 2.84. The number of amides is 3. The number of urea groups is 1. The van der Waals surface area contributed by atoms with Crippen molar-refractivity contribution in [1.82, 2.24) is 15.5 Å². The van der Waals surface area contributed by atoms with Crippen molar-refractivity contribution in [3.8, 4) is 0 Å². The van der Waals surface area contributed by atoms with Gasteiger partial charge in [-0.15, -0.1) is 0 Å². The van der Waals surface area contributed by atoms with E-state index >= 15 is 0 Å². The maximum Gasteiger partial charge on any atom is 0.329 e. The molecule has 0 bridgehead atoms. The van der Waals surface area contributed by atoms with E-state index in [0.717, 1.165) is 0 Å². The molecule has 0 spiro atoms. The predicted molar refractivity (Wildman–Crippen MR) is 66.2 cm³/mol. The highest BCUT2D eigenvalue weighted by molar-refractivity contribution is 5.88. The van der Waals surface area contributed by atoms with E-state index in [1.165, 1.54) is 18.9 Å². The smallest absolute Gasteiger partial charge is 0.329 e. The molecule has 104 valence electrons.